The summed E-state index contributed by atoms with van der Waals surface area (Å²) in [6.45, 7) is 2.00. The van der Waals surface area contributed by atoms with Crippen LogP contribution in [0.4, 0.5) is 0 Å². The van der Waals surface area contributed by atoms with Crippen LogP contribution in [0.25, 0.3) is 11.0 Å². The fraction of sp³-hybridized carbons (Fsp3) is 0.206. The van der Waals surface area contributed by atoms with Gasteiger partial charge in [0.25, 0.3) is 5.91 Å². The molecule has 6 rings (SSSR count). The Labute approximate surface area is 260 Å². The summed E-state index contributed by atoms with van der Waals surface area (Å²) in [7, 11) is 0. The van der Waals surface area contributed by atoms with Gasteiger partial charge in [-0.05, 0) is 65.6 Å². The zero-order chi connectivity index (χ0) is 30.6. The molecule has 0 atom stereocenters. The third-order valence-corrected chi connectivity index (χ3v) is 7.98. The van der Waals surface area contributed by atoms with E-state index in [4.69, 9.17) is 42.9 Å². The molecule has 1 aromatic heterocycles. The summed E-state index contributed by atoms with van der Waals surface area (Å²) in [5.74, 6) is 2.31. The second-order valence-corrected chi connectivity index (χ2v) is 11.2. The first-order valence-corrected chi connectivity index (χ1v) is 14.8. The highest BCUT2D eigenvalue weighted by atomic mass is 35.5. The molecule has 5 aromatic rings. The molecule has 0 saturated heterocycles. The van der Waals surface area contributed by atoms with Gasteiger partial charge in [-0.1, -0.05) is 54.1 Å². The van der Waals surface area contributed by atoms with Crippen LogP contribution < -0.4 is 20.9 Å². The van der Waals surface area contributed by atoms with Crippen LogP contribution in [0.1, 0.15) is 38.4 Å². The smallest absolute Gasteiger partial charge is 0.254 e. The molecule has 44 heavy (non-hydrogen) atoms. The molecule has 0 fully saturated rings. The molecule has 1 aliphatic rings. The summed E-state index contributed by atoms with van der Waals surface area (Å²) in [4.78, 5) is 20.5. The lowest BCUT2D eigenvalue weighted by molar-refractivity contribution is 0.0748. The molecule has 10 heteroatoms. The molecular formula is C34H33ClN6O3. The van der Waals surface area contributed by atoms with Gasteiger partial charge < -0.3 is 30.4 Å². The van der Waals surface area contributed by atoms with Gasteiger partial charge in [-0.15, -0.1) is 0 Å². The number of amides is 1. The Morgan fingerprint density at radius 1 is 0.886 bits per heavy atom. The van der Waals surface area contributed by atoms with Gasteiger partial charge in [0.05, 0.1) is 11.0 Å². The number of nitrogens with one attached hydrogen (secondary N) is 1. The van der Waals surface area contributed by atoms with Gasteiger partial charge in [0, 0.05) is 48.7 Å². The number of hydrogen-bond donors (Lipinski definition) is 3. The van der Waals surface area contributed by atoms with Gasteiger partial charge >= 0.3 is 0 Å². The summed E-state index contributed by atoms with van der Waals surface area (Å²) in [5.41, 5.74) is 17.6. The number of carbonyl (C=O) groups is 1. The number of nitrogen functional groups attached to an aromatic ring is 1. The molecule has 4 aromatic carbocycles. The molecule has 0 saturated carbocycles. The number of nitrogens with zero attached hydrogens (tertiary/aromatic N) is 3. The highest BCUT2D eigenvalue weighted by molar-refractivity contribution is 6.30. The van der Waals surface area contributed by atoms with Crippen LogP contribution in [0.15, 0.2) is 84.9 Å². The van der Waals surface area contributed by atoms with Crippen molar-refractivity contribution in [2.75, 3.05) is 19.9 Å². The first-order valence-electron chi connectivity index (χ1n) is 14.4. The molecule has 0 aliphatic carbocycles. The van der Waals surface area contributed by atoms with Gasteiger partial charge in [-0.2, -0.15) is 0 Å². The van der Waals surface area contributed by atoms with Crippen LogP contribution in [0, 0.1) is 5.41 Å². The van der Waals surface area contributed by atoms with Crippen LogP contribution in [0.3, 0.4) is 0 Å². The van der Waals surface area contributed by atoms with E-state index in [1.807, 2.05) is 84.9 Å². The summed E-state index contributed by atoms with van der Waals surface area (Å²) < 4.78 is 13.3. The fourth-order valence-electron chi connectivity index (χ4n) is 5.41. The van der Waals surface area contributed by atoms with E-state index in [9.17, 15) is 4.79 Å². The standard InChI is InChI=1S/C34H33ClN6O3/c35-27-10-3-23(4-11-27)19-40(16-15-36)34(42)26-9-12-29-28(18-26)39-32(14-6-22-1-7-25(8-2-22)33(37)38)41(29)20-24-5-13-30-31(17-24)44-21-43-30/h1-5,7-13,17-18H,6,14-16,19-21,36H2,(H3,37,38). The highest BCUT2D eigenvalue weighted by Gasteiger charge is 2.20. The van der Waals surface area contributed by atoms with Crippen LogP contribution >= 0.6 is 11.6 Å². The zero-order valence-corrected chi connectivity index (χ0v) is 24.9. The van der Waals surface area contributed by atoms with Gasteiger partial charge in [0.1, 0.15) is 11.7 Å². The Hall–Kier alpha value is -4.86. The maximum atomic E-state index is 13.7. The van der Waals surface area contributed by atoms with E-state index < -0.39 is 0 Å². The first kappa shape index (κ1) is 29.2. The van der Waals surface area contributed by atoms with Crippen LogP contribution in [-0.4, -0.2) is 46.1 Å². The van der Waals surface area contributed by atoms with Crippen molar-refractivity contribution in [3.8, 4) is 11.5 Å². The van der Waals surface area contributed by atoms with Crippen molar-refractivity contribution >= 4 is 34.4 Å². The predicted octanol–water partition coefficient (Wildman–Crippen LogP) is 5.14. The van der Waals surface area contributed by atoms with Crippen molar-refractivity contribution < 1.29 is 14.3 Å². The molecule has 0 bridgehead atoms. The quantitative estimate of drug-likeness (QED) is 0.141. The number of carbonyl (C=O) groups excluding carboxylic acids is 1. The second kappa shape index (κ2) is 12.8. The number of halogens is 1. The highest BCUT2D eigenvalue weighted by Crippen LogP contribution is 2.33. The zero-order valence-electron chi connectivity index (χ0n) is 24.1. The number of aromatic nitrogens is 2. The molecule has 1 aliphatic heterocycles. The minimum Gasteiger partial charge on any atom is -0.454 e. The average molecular weight is 609 g/mol. The van der Waals surface area contributed by atoms with Crippen molar-refractivity contribution in [3.63, 3.8) is 0 Å². The molecule has 0 spiro atoms. The topological polar surface area (TPSA) is 132 Å². The molecule has 224 valence electrons. The maximum Gasteiger partial charge on any atom is 0.254 e. The number of imidazole rings is 1. The molecule has 0 unspecified atom stereocenters. The monoisotopic (exact) mass is 608 g/mol. The normalized spacial score (nSPS) is 12.0. The largest absolute Gasteiger partial charge is 0.454 e. The fourth-order valence-corrected chi connectivity index (χ4v) is 5.54. The number of amidine groups is 1. The lowest BCUT2D eigenvalue weighted by Gasteiger charge is -2.22. The Kier molecular flexibility index (Phi) is 8.49. The second-order valence-electron chi connectivity index (χ2n) is 10.8. The molecule has 5 N–H and O–H groups in total. The summed E-state index contributed by atoms with van der Waals surface area (Å²) >= 11 is 6.06. The van der Waals surface area contributed by atoms with E-state index >= 15 is 0 Å². The van der Waals surface area contributed by atoms with Crippen LogP contribution in [0.5, 0.6) is 11.5 Å². The number of ether oxygens (including phenoxy) is 2. The van der Waals surface area contributed by atoms with E-state index in [1.165, 1.54) is 0 Å². The number of fused-ring (bicyclic) bond motifs is 2. The molecule has 0 radical (unpaired) electrons. The van der Waals surface area contributed by atoms with E-state index in [2.05, 4.69) is 4.57 Å². The molecule has 9 nitrogen and oxygen atoms in total. The Morgan fingerprint density at radius 3 is 2.34 bits per heavy atom. The van der Waals surface area contributed by atoms with Gasteiger partial charge in [-0.25, -0.2) is 4.98 Å². The first-order chi connectivity index (χ1) is 21.4. The Balaban J connectivity index is 1.30. The van der Waals surface area contributed by atoms with E-state index in [0.29, 0.717) is 48.7 Å². The molecular weight excluding hydrogens is 576 g/mol. The average Bonchev–Trinajstić information content (AvgIpc) is 3.64. The third kappa shape index (κ3) is 6.39. The summed E-state index contributed by atoms with van der Waals surface area (Å²) in [5, 5.41) is 8.31. The minimum absolute atomic E-state index is 0.0469. The maximum absolute atomic E-state index is 13.7. The lowest BCUT2D eigenvalue weighted by atomic mass is 10.1. The number of hydrogen-bond acceptors (Lipinski definition) is 6. The van der Waals surface area contributed by atoms with Crippen molar-refractivity contribution in [2.45, 2.75) is 25.9 Å². The number of aryl methyl sites for hydroxylation is 2. The van der Waals surface area contributed by atoms with Crippen LogP contribution in [-0.2, 0) is 25.9 Å². The van der Waals surface area contributed by atoms with Crippen molar-refractivity contribution in [1.29, 1.82) is 5.41 Å². The minimum atomic E-state index is -0.107. The van der Waals surface area contributed by atoms with Gasteiger partial charge in [-0.3, -0.25) is 10.2 Å². The number of nitrogens with two attached hydrogens (primary N) is 2. The summed E-state index contributed by atoms with van der Waals surface area (Å²) in [6, 6.07) is 26.8. The summed E-state index contributed by atoms with van der Waals surface area (Å²) in [6.07, 6.45) is 1.43. The Bertz CT molecular complexity index is 1820. The lowest BCUT2D eigenvalue weighted by Crippen LogP contribution is -2.34. The number of rotatable bonds is 11. The van der Waals surface area contributed by atoms with Crippen LogP contribution in [0.2, 0.25) is 5.02 Å². The Morgan fingerprint density at radius 2 is 1.59 bits per heavy atom. The molecule has 1 amide bonds. The van der Waals surface area contributed by atoms with E-state index in [1.54, 1.807) is 4.90 Å². The van der Waals surface area contributed by atoms with Crippen molar-refractivity contribution in [3.05, 3.63) is 124 Å². The van der Waals surface area contributed by atoms with E-state index in [0.717, 1.165) is 51.5 Å². The third-order valence-electron chi connectivity index (χ3n) is 7.73. The van der Waals surface area contributed by atoms with E-state index in [-0.39, 0.29) is 18.5 Å². The SMILES string of the molecule is N=C(N)c1ccc(CCc2nc3cc(C(=O)N(CCN)Cc4ccc(Cl)cc4)ccc3n2Cc2ccc3c(c2)OCO3)cc1. The predicted molar refractivity (Wildman–Crippen MR) is 172 cm³/mol. The number of benzene rings is 4. The van der Waals surface area contributed by atoms with Gasteiger partial charge in [0.2, 0.25) is 6.79 Å². The molecule has 2 heterocycles. The van der Waals surface area contributed by atoms with Gasteiger partial charge in [0.15, 0.2) is 11.5 Å². The van der Waals surface area contributed by atoms with Crippen molar-refractivity contribution in [1.82, 2.24) is 14.5 Å². The van der Waals surface area contributed by atoms with Crippen molar-refractivity contribution in [2.24, 2.45) is 11.5 Å².